The lowest BCUT2D eigenvalue weighted by atomic mass is 9.90. The molecule has 0 radical (unpaired) electrons. The number of hydrogen-bond acceptors (Lipinski definition) is 3. The van der Waals surface area contributed by atoms with Gasteiger partial charge in [0.2, 0.25) is 0 Å². The molecule has 0 aromatic carbocycles. The van der Waals surface area contributed by atoms with E-state index in [0.717, 1.165) is 31.5 Å². The summed E-state index contributed by atoms with van der Waals surface area (Å²) in [6, 6.07) is 0. The molecule has 1 aromatic rings. The SMILES string of the molecule is CN1CCC(c2cn[nH]c2C(=O)O)CC1. The van der Waals surface area contributed by atoms with Gasteiger partial charge >= 0.3 is 5.97 Å². The first-order valence-electron chi connectivity index (χ1n) is 5.13. The molecule has 1 aliphatic rings. The number of hydrogen-bond donors (Lipinski definition) is 2. The van der Waals surface area contributed by atoms with Crippen LogP contribution < -0.4 is 0 Å². The maximum Gasteiger partial charge on any atom is 0.354 e. The van der Waals surface area contributed by atoms with E-state index in [1.54, 1.807) is 6.20 Å². The fraction of sp³-hybridized carbons (Fsp3) is 0.600. The number of piperidine rings is 1. The number of likely N-dealkylation sites (tertiary alicyclic amines) is 1. The molecular formula is C10H15N3O2. The Balaban J connectivity index is 2.15. The smallest absolute Gasteiger partial charge is 0.354 e. The maximum atomic E-state index is 10.9. The molecule has 0 saturated carbocycles. The van der Waals surface area contributed by atoms with Gasteiger partial charge in [-0.1, -0.05) is 0 Å². The maximum absolute atomic E-state index is 10.9. The van der Waals surface area contributed by atoms with Crippen LogP contribution in [0, 0.1) is 0 Å². The lowest BCUT2D eigenvalue weighted by Crippen LogP contribution is -2.29. The van der Waals surface area contributed by atoms with Crippen LogP contribution in [-0.2, 0) is 0 Å². The van der Waals surface area contributed by atoms with Gasteiger partial charge in [-0.15, -0.1) is 0 Å². The standard InChI is InChI=1S/C10H15N3O2/c1-13-4-2-7(3-5-13)8-6-11-12-9(8)10(14)15/h6-7H,2-5H2,1H3,(H,11,12)(H,14,15). The number of nitrogens with zero attached hydrogens (tertiary/aromatic N) is 2. The largest absolute Gasteiger partial charge is 0.477 e. The van der Waals surface area contributed by atoms with E-state index in [2.05, 4.69) is 22.1 Å². The van der Waals surface area contributed by atoms with Gasteiger partial charge in [0, 0.05) is 5.56 Å². The molecule has 82 valence electrons. The fourth-order valence-corrected chi connectivity index (χ4v) is 2.10. The van der Waals surface area contributed by atoms with Crippen molar-refractivity contribution in [2.75, 3.05) is 20.1 Å². The van der Waals surface area contributed by atoms with Crippen LogP contribution >= 0.6 is 0 Å². The van der Waals surface area contributed by atoms with Crippen LogP contribution in [0.5, 0.6) is 0 Å². The predicted octanol–water partition coefficient (Wildman–Crippen LogP) is 0.917. The Bertz CT molecular complexity index is 353. The highest BCUT2D eigenvalue weighted by Gasteiger charge is 2.24. The molecule has 15 heavy (non-hydrogen) atoms. The van der Waals surface area contributed by atoms with Gasteiger partial charge in [0.05, 0.1) is 6.20 Å². The lowest BCUT2D eigenvalue weighted by Gasteiger charge is -2.28. The molecule has 2 heterocycles. The number of carboxylic acids is 1. The first-order valence-corrected chi connectivity index (χ1v) is 5.13. The van der Waals surface area contributed by atoms with E-state index in [-0.39, 0.29) is 5.69 Å². The third-order valence-corrected chi connectivity index (χ3v) is 3.04. The molecule has 1 saturated heterocycles. The molecule has 2 rings (SSSR count). The average molecular weight is 209 g/mol. The van der Waals surface area contributed by atoms with Crippen molar-refractivity contribution in [3.05, 3.63) is 17.5 Å². The molecule has 5 heteroatoms. The van der Waals surface area contributed by atoms with Crippen molar-refractivity contribution >= 4 is 5.97 Å². The van der Waals surface area contributed by atoms with E-state index < -0.39 is 5.97 Å². The van der Waals surface area contributed by atoms with Crippen LogP contribution in [0.2, 0.25) is 0 Å². The molecule has 0 spiro atoms. The molecule has 1 aliphatic heterocycles. The summed E-state index contributed by atoms with van der Waals surface area (Å²) in [5.41, 5.74) is 1.11. The normalized spacial score (nSPS) is 19.3. The first-order chi connectivity index (χ1) is 7.18. The van der Waals surface area contributed by atoms with Gasteiger partial charge in [0.1, 0.15) is 5.69 Å². The van der Waals surface area contributed by atoms with Gasteiger partial charge in [-0.3, -0.25) is 5.10 Å². The monoisotopic (exact) mass is 209 g/mol. The summed E-state index contributed by atoms with van der Waals surface area (Å²) < 4.78 is 0. The van der Waals surface area contributed by atoms with Crippen LogP contribution in [0.15, 0.2) is 6.20 Å². The van der Waals surface area contributed by atoms with Gasteiger partial charge in [-0.25, -0.2) is 4.79 Å². The van der Waals surface area contributed by atoms with Crippen LogP contribution in [-0.4, -0.2) is 46.3 Å². The molecule has 0 aliphatic carbocycles. The zero-order valence-electron chi connectivity index (χ0n) is 8.73. The number of H-pyrrole nitrogens is 1. The summed E-state index contributed by atoms with van der Waals surface area (Å²) in [5.74, 6) is -0.576. The van der Waals surface area contributed by atoms with Crippen molar-refractivity contribution < 1.29 is 9.90 Å². The van der Waals surface area contributed by atoms with Crippen molar-refractivity contribution in [1.82, 2.24) is 15.1 Å². The van der Waals surface area contributed by atoms with Crippen molar-refractivity contribution in [1.29, 1.82) is 0 Å². The predicted molar refractivity (Wildman–Crippen MR) is 55.0 cm³/mol. The molecular weight excluding hydrogens is 194 g/mol. The highest BCUT2D eigenvalue weighted by molar-refractivity contribution is 5.87. The van der Waals surface area contributed by atoms with E-state index in [1.807, 2.05) is 0 Å². The Hall–Kier alpha value is -1.36. The first kappa shape index (κ1) is 10.2. The number of aromatic carboxylic acids is 1. The van der Waals surface area contributed by atoms with Gasteiger partial charge in [-0.05, 0) is 38.9 Å². The highest BCUT2D eigenvalue weighted by atomic mass is 16.4. The van der Waals surface area contributed by atoms with E-state index >= 15 is 0 Å². The summed E-state index contributed by atoms with van der Waals surface area (Å²) in [6.07, 6.45) is 3.67. The van der Waals surface area contributed by atoms with Gasteiger partial charge in [0.15, 0.2) is 0 Å². The summed E-state index contributed by atoms with van der Waals surface area (Å²) >= 11 is 0. The van der Waals surface area contributed by atoms with E-state index in [0.29, 0.717) is 5.92 Å². The Morgan fingerprint density at radius 1 is 1.60 bits per heavy atom. The summed E-state index contributed by atoms with van der Waals surface area (Å²) in [7, 11) is 2.09. The molecule has 1 aromatic heterocycles. The van der Waals surface area contributed by atoms with E-state index in [4.69, 9.17) is 5.11 Å². The second-order valence-corrected chi connectivity index (χ2v) is 4.08. The molecule has 0 bridgehead atoms. The van der Waals surface area contributed by atoms with Gasteiger partial charge < -0.3 is 10.0 Å². The van der Waals surface area contributed by atoms with E-state index in [1.165, 1.54) is 0 Å². The molecule has 0 atom stereocenters. The second-order valence-electron chi connectivity index (χ2n) is 4.08. The molecule has 0 unspecified atom stereocenters. The number of carboxylic acid groups (broad SMARTS) is 1. The minimum atomic E-state index is -0.915. The Morgan fingerprint density at radius 3 is 2.87 bits per heavy atom. The summed E-state index contributed by atoms with van der Waals surface area (Å²) in [4.78, 5) is 13.2. The summed E-state index contributed by atoms with van der Waals surface area (Å²) in [6.45, 7) is 2.05. The lowest BCUT2D eigenvalue weighted by molar-refractivity contribution is 0.0688. The summed E-state index contributed by atoms with van der Waals surface area (Å²) in [5, 5.41) is 15.3. The average Bonchev–Trinajstić information content (AvgIpc) is 2.67. The topological polar surface area (TPSA) is 69.2 Å². The third-order valence-electron chi connectivity index (χ3n) is 3.04. The molecule has 5 nitrogen and oxygen atoms in total. The molecule has 0 amide bonds. The Labute approximate surface area is 88.1 Å². The molecule has 2 N–H and O–H groups in total. The van der Waals surface area contributed by atoms with Crippen molar-refractivity contribution in [2.45, 2.75) is 18.8 Å². The van der Waals surface area contributed by atoms with Crippen LogP contribution in [0.4, 0.5) is 0 Å². The Morgan fingerprint density at radius 2 is 2.27 bits per heavy atom. The van der Waals surface area contributed by atoms with Gasteiger partial charge in [-0.2, -0.15) is 5.10 Å². The van der Waals surface area contributed by atoms with E-state index in [9.17, 15) is 4.79 Å². The zero-order valence-corrected chi connectivity index (χ0v) is 8.73. The number of aromatic amines is 1. The van der Waals surface area contributed by atoms with Crippen molar-refractivity contribution in [3.63, 3.8) is 0 Å². The van der Waals surface area contributed by atoms with Gasteiger partial charge in [0.25, 0.3) is 0 Å². The number of rotatable bonds is 2. The van der Waals surface area contributed by atoms with Crippen LogP contribution in [0.1, 0.15) is 34.8 Å². The minimum absolute atomic E-state index is 0.254. The van der Waals surface area contributed by atoms with Crippen LogP contribution in [0.25, 0.3) is 0 Å². The molecule has 1 fully saturated rings. The fourth-order valence-electron chi connectivity index (χ4n) is 2.10. The minimum Gasteiger partial charge on any atom is -0.477 e. The third kappa shape index (κ3) is 2.02. The highest BCUT2D eigenvalue weighted by Crippen LogP contribution is 2.28. The Kier molecular flexibility index (Phi) is 2.73. The van der Waals surface area contributed by atoms with Crippen molar-refractivity contribution in [2.24, 2.45) is 0 Å². The van der Waals surface area contributed by atoms with Crippen LogP contribution in [0.3, 0.4) is 0 Å². The quantitative estimate of drug-likeness (QED) is 0.759. The zero-order chi connectivity index (χ0) is 10.8. The second kappa shape index (κ2) is 4.02. The number of nitrogens with one attached hydrogen (secondary N) is 1. The number of aromatic nitrogens is 2. The van der Waals surface area contributed by atoms with Crippen molar-refractivity contribution in [3.8, 4) is 0 Å². The number of carbonyl (C=O) groups is 1.